The minimum atomic E-state index is -0.0693. The summed E-state index contributed by atoms with van der Waals surface area (Å²) in [6.45, 7) is 5.89. The molecule has 1 aliphatic rings. The fraction of sp³-hybridized carbons (Fsp3) is 0.500. The van der Waals surface area contributed by atoms with Crippen molar-refractivity contribution in [2.75, 3.05) is 19.8 Å². The Morgan fingerprint density at radius 3 is 2.62 bits per heavy atom. The molecule has 1 aromatic carbocycles. The summed E-state index contributed by atoms with van der Waals surface area (Å²) < 4.78 is 16.7. The highest BCUT2D eigenvalue weighted by Gasteiger charge is 2.19. The summed E-state index contributed by atoms with van der Waals surface area (Å²) in [6.07, 6.45) is 3.80. The Kier molecular flexibility index (Phi) is 5.90. The van der Waals surface area contributed by atoms with Gasteiger partial charge < -0.3 is 14.2 Å². The van der Waals surface area contributed by atoms with Crippen molar-refractivity contribution in [3.63, 3.8) is 0 Å². The van der Waals surface area contributed by atoms with E-state index in [1.807, 2.05) is 38.3 Å². The molecule has 0 amide bonds. The first-order valence-corrected chi connectivity index (χ1v) is 7.46. The molecule has 3 N–H and O–H groups in total. The SMILES string of the molecule is CCOc1ccc(C(NN)C2=COCCC2)cc1OCC. The molecule has 21 heavy (non-hydrogen) atoms. The lowest BCUT2D eigenvalue weighted by molar-refractivity contribution is 0.219. The maximum atomic E-state index is 5.74. The van der Waals surface area contributed by atoms with Crippen LogP contribution in [0.5, 0.6) is 11.5 Å². The van der Waals surface area contributed by atoms with Gasteiger partial charge in [-0.25, -0.2) is 5.43 Å². The Bertz CT molecular complexity index is 488. The minimum absolute atomic E-state index is 0.0693. The van der Waals surface area contributed by atoms with E-state index >= 15 is 0 Å². The second-order valence-corrected chi connectivity index (χ2v) is 4.84. The Morgan fingerprint density at radius 2 is 2.00 bits per heavy atom. The second kappa shape index (κ2) is 7.90. The highest BCUT2D eigenvalue weighted by molar-refractivity contribution is 5.45. The molecule has 1 heterocycles. The van der Waals surface area contributed by atoms with E-state index in [4.69, 9.17) is 20.1 Å². The Labute approximate surface area is 126 Å². The summed E-state index contributed by atoms with van der Waals surface area (Å²) in [7, 11) is 0. The number of hydrazine groups is 1. The smallest absolute Gasteiger partial charge is 0.161 e. The normalized spacial score (nSPS) is 15.9. The molecule has 0 aromatic heterocycles. The number of nitrogens with two attached hydrogens (primary N) is 1. The average Bonchev–Trinajstić information content (AvgIpc) is 2.52. The zero-order valence-electron chi connectivity index (χ0n) is 12.7. The lowest BCUT2D eigenvalue weighted by Gasteiger charge is -2.24. The van der Waals surface area contributed by atoms with Crippen LogP contribution in [-0.4, -0.2) is 19.8 Å². The Balaban J connectivity index is 2.28. The molecular weight excluding hydrogens is 268 g/mol. The quantitative estimate of drug-likeness (QED) is 0.597. The second-order valence-electron chi connectivity index (χ2n) is 4.84. The van der Waals surface area contributed by atoms with E-state index in [1.54, 1.807) is 0 Å². The fourth-order valence-corrected chi connectivity index (χ4v) is 2.46. The van der Waals surface area contributed by atoms with Crippen LogP contribution in [0.25, 0.3) is 0 Å². The van der Waals surface area contributed by atoms with Gasteiger partial charge in [-0.3, -0.25) is 5.84 Å². The zero-order chi connectivity index (χ0) is 15.1. The lowest BCUT2D eigenvalue weighted by atomic mass is 9.95. The highest BCUT2D eigenvalue weighted by atomic mass is 16.5. The molecule has 0 saturated heterocycles. The van der Waals surface area contributed by atoms with Crippen molar-refractivity contribution < 1.29 is 14.2 Å². The van der Waals surface area contributed by atoms with Crippen LogP contribution in [0.3, 0.4) is 0 Å². The van der Waals surface area contributed by atoms with Gasteiger partial charge >= 0.3 is 0 Å². The number of hydrogen-bond acceptors (Lipinski definition) is 5. The monoisotopic (exact) mass is 292 g/mol. The molecule has 0 spiro atoms. The molecule has 1 aliphatic heterocycles. The molecular formula is C16H24N2O3. The number of nitrogens with one attached hydrogen (secondary N) is 1. The van der Waals surface area contributed by atoms with E-state index in [-0.39, 0.29) is 6.04 Å². The van der Waals surface area contributed by atoms with E-state index in [0.717, 1.165) is 42.1 Å². The molecule has 0 radical (unpaired) electrons. The summed E-state index contributed by atoms with van der Waals surface area (Å²) in [4.78, 5) is 0. The van der Waals surface area contributed by atoms with Gasteiger partial charge in [0.2, 0.25) is 0 Å². The average molecular weight is 292 g/mol. The highest BCUT2D eigenvalue weighted by Crippen LogP contribution is 2.34. The predicted octanol–water partition coefficient (Wildman–Crippen LogP) is 2.68. The zero-order valence-corrected chi connectivity index (χ0v) is 12.7. The third-order valence-electron chi connectivity index (χ3n) is 3.40. The first-order chi connectivity index (χ1) is 10.3. The Hall–Kier alpha value is -1.72. The van der Waals surface area contributed by atoms with E-state index < -0.39 is 0 Å². The Morgan fingerprint density at radius 1 is 1.24 bits per heavy atom. The van der Waals surface area contributed by atoms with E-state index in [9.17, 15) is 0 Å². The van der Waals surface area contributed by atoms with Gasteiger partial charge in [0.15, 0.2) is 11.5 Å². The molecule has 2 rings (SSSR count). The van der Waals surface area contributed by atoms with Crippen LogP contribution in [-0.2, 0) is 4.74 Å². The van der Waals surface area contributed by atoms with Crippen LogP contribution in [0.1, 0.15) is 38.3 Å². The lowest BCUT2D eigenvalue weighted by Crippen LogP contribution is -2.30. The maximum absolute atomic E-state index is 5.74. The van der Waals surface area contributed by atoms with E-state index in [1.165, 1.54) is 0 Å². The number of hydrogen-bond donors (Lipinski definition) is 2. The van der Waals surface area contributed by atoms with Crippen LogP contribution < -0.4 is 20.7 Å². The molecule has 5 nitrogen and oxygen atoms in total. The van der Waals surface area contributed by atoms with Crippen molar-refractivity contribution in [2.45, 2.75) is 32.7 Å². The molecule has 0 saturated carbocycles. The van der Waals surface area contributed by atoms with Crippen molar-refractivity contribution in [3.05, 3.63) is 35.6 Å². The van der Waals surface area contributed by atoms with Gasteiger partial charge in [-0.2, -0.15) is 0 Å². The van der Waals surface area contributed by atoms with Gasteiger partial charge in [0, 0.05) is 0 Å². The van der Waals surface area contributed by atoms with Crippen molar-refractivity contribution >= 4 is 0 Å². The summed E-state index contributed by atoms with van der Waals surface area (Å²) in [5.74, 6) is 7.24. The summed E-state index contributed by atoms with van der Waals surface area (Å²) >= 11 is 0. The van der Waals surface area contributed by atoms with Gasteiger partial charge in [-0.05, 0) is 50.0 Å². The third-order valence-corrected chi connectivity index (χ3v) is 3.40. The molecule has 1 aromatic rings. The van der Waals surface area contributed by atoms with E-state index in [0.29, 0.717) is 13.2 Å². The molecule has 1 unspecified atom stereocenters. The summed E-state index contributed by atoms with van der Waals surface area (Å²) in [5, 5.41) is 0. The van der Waals surface area contributed by atoms with Gasteiger partial charge in [0.05, 0.1) is 32.1 Å². The van der Waals surface area contributed by atoms with Crippen molar-refractivity contribution in [1.82, 2.24) is 5.43 Å². The topological polar surface area (TPSA) is 65.7 Å². The van der Waals surface area contributed by atoms with Crippen LogP contribution in [0, 0.1) is 0 Å². The molecule has 0 fully saturated rings. The van der Waals surface area contributed by atoms with Gasteiger partial charge in [-0.15, -0.1) is 0 Å². The van der Waals surface area contributed by atoms with E-state index in [2.05, 4.69) is 5.43 Å². The van der Waals surface area contributed by atoms with Gasteiger partial charge in [0.25, 0.3) is 0 Å². The summed E-state index contributed by atoms with van der Waals surface area (Å²) in [5.41, 5.74) is 5.06. The maximum Gasteiger partial charge on any atom is 0.161 e. The van der Waals surface area contributed by atoms with Crippen LogP contribution in [0.15, 0.2) is 30.0 Å². The number of ether oxygens (including phenoxy) is 3. The first kappa shape index (κ1) is 15.7. The first-order valence-electron chi connectivity index (χ1n) is 7.46. The van der Waals surface area contributed by atoms with Crippen molar-refractivity contribution in [1.29, 1.82) is 0 Å². The predicted molar refractivity (Wildman–Crippen MR) is 82.1 cm³/mol. The van der Waals surface area contributed by atoms with Crippen LogP contribution >= 0.6 is 0 Å². The molecule has 0 aliphatic carbocycles. The van der Waals surface area contributed by atoms with Crippen molar-refractivity contribution in [2.24, 2.45) is 5.84 Å². The molecule has 0 bridgehead atoms. The van der Waals surface area contributed by atoms with Crippen molar-refractivity contribution in [3.8, 4) is 11.5 Å². The van der Waals surface area contributed by atoms with Crippen LogP contribution in [0.4, 0.5) is 0 Å². The fourth-order valence-electron chi connectivity index (χ4n) is 2.46. The van der Waals surface area contributed by atoms with Gasteiger partial charge in [0.1, 0.15) is 0 Å². The minimum Gasteiger partial charge on any atom is -0.501 e. The standard InChI is InChI=1S/C16H24N2O3/c1-3-20-14-8-7-12(10-15(14)21-4-2)16(18-17)13-6-5-9-19-11-13/h7-8,10-11,16,18H,3-6,9,17H2,1-2H3. The number of benzene rings is 1. The molecule has 1 atom stereocenters. The third kappa shape index (κ3) is 3.89. The largest absolute Gasteiger partial charge is 0.501 e. The van der Waals surface area contributed by atoms with Crippen LogP contribution in [0.2, 0.25) is 0 Å². The molecule has 5 heteroatoms. The molecule has 116 valence electrons. The van der Waals surface area contributed by atoms with Gasteiger partial charge in [-0.1, -0.05) is 6.07 Å². The number of rotatable bonds is 7. The summed E-state index contributed by atoms with van der Waals surface area (Å²) in [6, 6.07) is 5.85.